The van der Waals surface area contributed by atoms with Crippen molar-refractivity contribution in [2.75, 3.05) is 0 Å². The third-order valence-electron chi connectivity index (χ3n) is 2.41. The van der Waals surface area contributed by atoms with E-state index >= 15 is 0 Å². The van der Waals surface area contributed by atoms with Crippen molar-refractivity contribution < 1.29 is 4.74 Å². The Balaban J connectivity index is 2.30. The highest BCUT2D eigenvalue weighted by molar-refractivity contribution is 6.34. The topological polar surface area (TPSA) is 9.23 Å². The summed E-state index contributed by atoms with van der Waals surface area (Å²) in [5, 5.41) is 0. The molecule has 74 valence electrons. The Labute approximate surface area is 91.1 Å². The van der Waals surface area contributed by atoms with E-state index < -0.39 is 0 Å². The molecule has 0 aliphatic carbocycles. The van der Waals surface area contributed by atoms with Gasteiger partial charge in [-0.1, -0.05) is 36.4 Å². The summed E-state index contributed by atoms with van der Waals surface area (Å²) in [6, 6.07) is 16.1. The fraction of sp³-hybridized carbons (Fsp3) is 0.0769. The van der Waals surface area contributed by atoms with Crippen molar-refractivity contribution in [1.29, 1.82) is 0 Å². The molecule has 0 unspecified atom stereocenters. The molecule has 2 rings (SSSR count). The molecule has 0 aliphatic heterocycles. The summed E-state index contributed by atoms with van der Waals surface area (Å²) in [7, 11) is 2.05. The van der Waals surface area contributed by atoms with Crippen LogP contribution in [0.4, 0.5) is 0 Å². The van der Waals surface area contributed by atoms with Crippen LogP contribution in [0.15, 0.2) is 48.5 Å². The number of para-hydroxylation sites is 2. The Bertz CT molecular complexity index is 422. The lowest BCUT2D eigenvalue weighted by Crippen LogP contribution is -2.05. The second-order valence-corrected chi connectivity index (χ2v) is 3.63. The molecular formula is C13H13BO. The van der Waals surface area contributed by atoms with Gasteiger partial charge in [0.1, 0.15) is 19.3 Å². The Morgan fingerprint density at radius 1 is 0.867 bits per heavy atom. The number of hydrogen-bond donors (Lipinski definition) is 0. The fourth-order valence-electron chi connectivity index (χ4n) is 1.46. The molecule has 2 aromatic rings. The first-order chi connectivity index (χ1) is 7.27. The smallest absolute Gasteiger partial charge is 0.144 e. The van der Waals surface area contributed by atoms with Crippen LogP contribution in [0.2, 0.25) is 0 Å². The number of ether oxygens (including phenoxy) is 1. The molecule has 0 radical (unpaired) electrons. The molecule has 0 atom stereocenters. The molecule has 0 N–H and O–H groups in total. The maximum atomic E-state index is 5.84. The van der Waals surface area contributed by atoms with Crippen LogP contribution in [0.25, 0.3) is 0 Å². The van der Waals surface area contributed by atoms with E-state index in [1.54, 1.807) is 0 Å². The molecule has 0 heterocycles. The van der Waals surface area contributed by atoms with Gasteiger partial charge in [0.05, 0.1) is 0 Å². The van der Waals surface area contributed by atoms with Crippen molar-refractivity contribution in [2.24, 2.45) is 0 Å². The predicted molar refractivity (Wildman–Crippen MR) is 65.9 cm³/mol. The van der Waals surface area contributed by atoms with Crippen LogP contribution in [0.3, 0.4) is 0 Å². The van der Waals surface area contributed by atoms with Crippen LogP contribution < -0.4 is 10.2 Å². The third-order valence-corrected chi connectivity index (χ3v) is 2.41. The van der Waals surface area contributed by atoms with Gasteiger partial charge >= 0.3 is 0 Å². The third kappa shape index (κ3) is 2.21. The number of benzene rings is 2. The highest BCUT2D eigenvalue weighted by Crippen LogP contribution is 2.22. The van der Waals surface area contributed by atoms with Gasteiger partial charge in [0, 0.05) is 0 Å². The standard InChI is InChI=1S/C13H13BO/c1-10-6-2-4-8-12(10)15-13-9-5-3-7-11(13)14/h2-9H,14H2,1H3. The maximum absolute atomic E-state index is 5.84. The summed E-state index contributed by atoms with van der Waals surface area (Å²) in [5.41, 5.74) is 2.31. The summed E-state index contributed by atoms with van der Waals surface area (Å²) >= 11 is 0. The minimum Gasteiger partial charge on any atom is -0.458 e. The number of aryl methyl sites for hydroxylation is 1. The molecule has 0 saturated carbocycles. The van der Waals surface area contributed by atoms with Gasteiger partial charge in [-0.05, 0) is 30.1 Å². The fourth-order valence-corrected chi connectivity index (χ4v) is 1.46. The van der Waals surface area contributed by atoms with Crippen LogP contribution in [-0.4, -0.2) is 7.85 Å². The lowest BCUT2D eigenvalue weighted by Gasteiger charge is -2.10. The highest BCUT2D eigenvalue weighted by Gasteiger charge is 2.01. The van der Waals surface area contributed by atoms with Crippen LogP contribution in [0.5, 0.6) is 11.5 Å². The van der Waals surface area contributed by atoms with Gasteiger partial charge in [0.15, 0.2) is 0 Å². The van der Waals surface area contributed by atoms with Crippen molar-refractivity contribution >= 4 is 13.3 Å². The van der Waals surface area contributed by atoms with Crippen molar-refractivity contribution in [3.63, 3.8) is 0 Å². The average Bonchev–Trinajstić information content (AvgIpc) is 2.24. The maximum Gasteiger partial charge on any atom is 0.144 e. The summed E-state index contributed by atoms with van der Waals surface area (Å²) in [6.07, 6.45) is 0. The molecule has 1 nitrogen and oxygen atoms in total. The van der Waals surface area contributed by atoms with Crippen molar-refractivity contribution in [1.82, 2.24) is 0 Å². The molecule has 2 aromatic carbocycles. The van der Waals surface area contributed by atoms with Gasteiger partial charge in [-0.2, -0.15) is 0 Å². The second kappa shape index (κ2) is 4.22. The minimum absolute atomic E-state index is 0.923. The minimum atomic E-state index is 0.923. The van der Waals surface area contributed by atoms with Gasteiger partial charge in [-0.15, -0.1) is 0 Å². The lowest BCUT2D eigenvalue weighted by molar-refractivity contribution is 0.483. The van der Waals surface area contributed by atoms with E-state index in [-0.39, 0.29) is 0 Å². The molecule has 0 fully saturated rings. The van der Waals surface area contributed by atoms with Crippen LogP contribution in [0.1, 0.15) is 5.56 Å². The number of rotatable bonds is 2. The molecule has 2 heteroatoms. The van der Waals surface area contributed by atoms with E-state index in [4.69, 9.17) is 4.74 Å². The van der Waals surface area contributed by atoms with Gasteiger partial charge in [0.25, 0.3) is 0 Å². The van der Waals surface area contributed by atoms with Crippen LogP contribution in [0, 0.1) is 6.92 Å². The Morgan fingerprint density at radius 3 is 2.13 bits per heavy atom. The normalized spacial score (nSPS) is 9.93. The zero-order chi connectivity index (χ0) is 10.7. The molecule has 0 aromatic heterocycles. The molecular weight excluding hydrogens is 183 g/mol. The van der Waals surface area contributed by atoms with E-state index in [0.717, 1.165) is 22.5 Å². The summed E-state index contributed by atoms with van der Waals surface area (Å²) in [5.74, 6) is 1.85. The van der Waals surface area contributed by atoms with Crippen molar-refractivity contribution in [3.05, 3.63) is 54.1 Å². The van der Waals surface area contributed by atoms with Gasteiger partial charge in [0.2, 0.25) is 0 Å². The van der Waals surface area contributed by atoms with Crippen molar-refractivity contribution in [2.45, 2.75) is 6.92 Å². The number of hydrogen-bond acceptors (Lipinski definition) is 1. The highest BCUT2D eigenvalue weighted by atomic mass is 16.5. The molecule has 0 amide bonds. The molecule has 0 aliphatic rings. The van der Waals surface area contributed by atoms with E-state index in [1.165, 1.54) is 0 Å². The summed E-state index contributed by atoms with van der Waals surface area (Å²) < 4.78 is 5.84. The first kappa shape index (κ1) is 9.84. The van der Waals surface area contributed by atoms with E-state index in [9.17, 15) is 0 Å². The average molecular weight is 196 g/mol. The van der Waals surface area contributed by atoms with Gasteiger partial charge in [-0.3, -0.25) is 0 Å². The summed E-state index contributed by atoms with van der Waals surface area (Å²) in [6.45, 7) is 2.05. The van der Waals surface area contributed by atoms with Gasteiger partial charge < -0.3 is 4.74 Å². The zero-order valence-corrected chi connectivity index (χ0v) is 9.03. The molecule has 0 spiro atoms. The van der Waals surface area contributed by atoms with E-state index in [0.29, 0.717) is 0 Å². The molecule has 15 heavy (non-hydrogen) atoms. The van der Waals surface area contributed by atoms with Crippen molar-refractivity contribution in [3.8, 4) is 11.5 Å². The first-order valence-corrected chi connectivity index (χ1v) is 5.06. The SMILES string of the molecule is Bc1ccccc1Oc1ccccc1C. The van der Waals surface area contributed by atoms with Crippen LogP contribution in [-0.2, 0) is 0 Å². The largest absolute Gasteiger partial charge is 0.458 e. The van der Waals surface area contributed by atoms with E-state index in [1.807, 2.05) is 63.3 Å². The summed E-state index contributed by atoms with van der Waals surface area (Å²) in [4.78, 5) is 0. The monoisotopic (exact) mass is 196 g/mol. The quantitative estimate of drug-likeness (QED) is 0.668. The van der Waals surface area contributed by atoms with Crippen LogP contribution >= 0.6 is 0 Å². The van der Waals surface area contributed by atoms with Gasteiger partial charge in [-0.25, -0.2) is 0 Å². The second-order valence-electron chi connectivity index (χ2n) is 3.63. The molecule has 0 saturated heterocycles. The Morgan fingerprint density at radius 2 is 1.47 bits per heavy atom. The first-order valence-electron chi connectivity index (χ1n) is 5.06. The Kier molecular flexibility index (Phi) is 2.77. The Hall–Kier alpha value is -1.70. The predicted octanol–water partition coefficient (Wildman–Crippen LogP) is 2.05. The lowest BCUT2D eigenvalue weighted by atomic mass is 9.95. The van der Waals surface area contributed by atoms with E-state index in [2.05, 4.69) is 0 Å². The zero-order valence-electron chi connectivity index (χ0n) is 9.03. The molecule has 0 bridgehead atoms.